The maximum atomic E-state index is 13.4. The average molecular weight is 417 g/mol. The summed E-state index contributed by atoms with van der Waals surface area (Å²) in [6.45, 7) is 0. The summed E-state index contributed by atoms with van der Waals surface area (Å²) in [5.74, 6) is 0.192. The molecule has 2 aromatic carbocycles. The summed E-state index contributed by atoms with van der Waals surface area (Å²) in [5, 5.41) is 16.8. The Hall–Kier alpha value is -3.24. The van der Waals surface area contributed by atoms with Crippen LogP contribution < -0.4 is 5.32 Å². The second kappa shape index (κ2) is 7.88. The molecule has 2 heterocycles. The topological polar surface area (TPSA) is 83.3 Å². The van der Waals surface area contributed by atoms with Gasteiger partial charge in [0.15, 0.2) is 0 Å². The predicted octanol–water partition coefficient (Wildman–Crippen LogP) is 5.00. The van der Waals surface area contributed by atoms with Crippen LogP contribution in [0, 0.1) is 10.7 Å². The van der Waals surface area contributed by atoms with Gasteiger partial charge in [0.1, 0.15) is 23.1 Å². The van der Waals surface area contributed by atoms with Crippen molar-refractivity contribution in [1.82, 2.24) is 14.7 Å². The number of hydrogen-bond donors (Lipinski definition) is 1. The number of carbonyl (C=O) groups is 1. The number of thioether (sulfide) groups is 1. The number of nitrogens with zero attached hydrogens (tertiary/aromatic N) is 3. The van der Waals surface area contributed by atoms with Crippen molar-refractivity contribution in [2.75, 3.05) is 0 Å². The summed E-state index contributed by atoms with van der Waals surface area (Å²) in [6.07, 6.45) is 7.20. The zero-order valence-electron chi connectivity index (χ0n) is 16.2. The Kier molecular flexibility index (Phi) is 4.93. The van der Waals surface area contributed by atoms with Gasteiger partial charge in [0, 0.05) is 23.1 Å². The van der Waals surface area contributed by atoms with Crippen molar-refractivity contribution in [3.63, 3.8) is 0 Å². The number of imidazole rings is 1. The molecule has 7 heteroatoms. The van der Waals surface area contributed by atoms with Crippen LogP contribution in [0.25, 0.3) is 27.9 Å². The molecule has 0 spiro atoms. The van der Waals surface area contributed by atoms with Gasteiger partial charge in [0.05, 0.1) is 0 Å². The summed E-state index contributed by atoms with van der Waals surface area (Å²) >= 11 is 1.26. The molecule has 1 N–H and O–H groups in total. The van der Waals surface area contributed by atoms with Crippen LogP contribution in [0.3, 0.4) is 0 Å². The molecule has 1 fully saturated rings. The smallest absolute Gasteiger partial charge is 0.306 e. The van der Waals surface area contributed by atoms with E-state index in [1.54, 1.807) is 10.6 Å². The van der Waals surface area contributed by atoms with Crippen LogP contribution in [-0.4, -0.2) is 26.6 Å². The van der Waals surface area contributed by atoms with Crippen LogP contribution in [0.4, 0.5) is 0 Å². The van der Waals surface area contributed by atoms with Crippen LogP contribution in [0.15, 0.2) is 59.3 Å². The van der Waals surface area contributed by atoms with Gasteiger partial charge in [0.25, 0.3) is 5.91 Å². The Bertz CT molecular complexity index is 1270. The lowest BCUT2D eigenvalue weighted by Crippen LogP contribution is -2.44. The summed E-state index contributed by atoms with van der Waals surface area (Å²) in [6, 6.07) is 14.1. The molecular weight excluding hydrogens is 396 g/mol. The molecule has 6 nitrogen and oxygen atoms in total. The Morgan fingerprint density at radius 2 is 2.03 bits per heavy atom. The maximum Gasteiger partial charge on any atom is 0.306 e. The molecule has 0 aliphatic heterocycles. The lowest BCUT2D eigenvalue weighted by molar-refractivity contribution is 0.0924. The lowest BCUT2D eigenvalue weighted by atomic mass is 9.94. The number of nitriles is 1. The van der Waals surface area contributed by atoms with E-state index in [0.717, 1.165) is 42.0 Å². The van der Waals surface area contributed by atoms with Crippen molar-refractivity contribution >= 4 is 34.3 Å². The molecule has 1 aliphatic rings. The SMILES string of the molecule is N#CS[C@H]1CCCC[C@@H]1NC(=O)c1c(-c2ccc3ccccc3c2)nc2occn12. The number of thiocyanates is 1. The first kappa shape index (κ1) is 18.8. The van der Waals surface area contributed by atoms with Gasteiger partial charge < -0.3 is 9.73 Å². The van der Waals surface area contributed by atoms with E-state index in [9.17, 15) is 4.79 Å². The minimum atomic E-state index is -0.192. The summed E-state index contributed by atoms with van der Waals surface area (Å²) in [4.78, 5) is 18.0. The van der Waals surface area contributed by atoms with Gasteiger partial charge in [0.2, 0.25) is 0 Å². The molecule has 30 heavy (non-hydrogen) atoms. The number of benzene rings is 2. The van der Waals surface area contributed by atoms with Crippen LogP contribution >= 0.6 is 11.8 Å². The van der Waals surface area contributed by atoms with Crippen LogP contribution in [0.2, 0.25) is 0 Å². The average Bonchev–Trinajstić information content (AvgIpc) is 3.36. The number of rotatable bonds is 4. The fourth-order valence-electron chi connectivity index (χ4n) is 4.25. The molecule has 0 saturated heterocycles. The van der Waals surface area contributed by atoms with Gasteiger partial charge in [-0.15, -0.1) is 0 Å². The fraction of sp³-hybridized carbons (Fsp3) is 0.261. The highest BCUT2D eigenvalue weighted by Crippen LogP contribution is 2.31. The van der Waals surface area contributed by atoms with E-state index < -0.39 is 0 Å². The number of hydrogen-bond acceptors (Lipinski definition) is 5. The minimum Gasteiger partial charge on any atom is -0.432 e. The second-order valence-corrected chi connectivity index (χ2v) is 8.56. The van der Waals surface area contributed by atoms with E-state index >= 15 is 0 Å². The first-order chi connectivity index (χ1) is 14.7. The molecule has 0 radical (unpaired) electrons. The van der Waals surface area contributed by atoms with Gasteiger partial charge in [-0.05, 0) is 41.4 Å². The van der Waals surface area contributed by atoms with Gasteiger partial charge in [-0.1, -0.05) is 49.2 Å². The minimum absolute atomic E-state index is 0.0298. The predicted molar refractivity (Wildman–Crippen MR) is 117 cm³/mol. The first-order valence-electron chi connectivity index (χ1n) is 10.0. The fourth-order valence-corrected chi connectivity index (χ4v) is 5.04. The highest BCUT2D eigenvalue weighted by atomic mass is 32.2. The number of carbonyl (C=O) groups excluding carboxylic acids is 1. The molecule has 1 aliphatic carbocycles. The van der Waals surface area contributed by atoms with Gasteiger partial charge in [-0.25, -0.2) is 0 Å². The number of aromatic nitrogens is 2. The summed E-state index contributed by atoms with van der Waals surface area (Å²) in [5.41, 5.74) is 1.92. The van der Waals surface area contributed by atoms with E-state index in [4.69, 9.17) is 9.68 Å². The molecule has 1 amide bonds. The number of amides is 1. The standard InChI is InChI=1S/C23H20N4O2S/c24-14-30-19-8-4-3-7-18(19)25-22(28)21-20(26-23-27(21)11-12-29-23)17-10-9-15-5-1-2-6-16(15)13-17/h1-2,5-6,9-13,18-19H,3-4,7-8H2,(H,25,28)/t18-,19-/m0/s1. The highest BCUT2D eigenvalue weighted by molar-refractivity contribution is 8.04. The van der Waals surface area contributed by atoms with Crippen molar-refractivity contribution in [3.05, 3.63) is 60.6 Å². The van der Waals surface area contributed by atoms with Crippen LogP contribution in [-0.2, 0) is 0 Å². The van der Waals surface area contributed by atoms with Crippen LogP contribution in [0.5, 0.6) is 0 Å². The molecule has 0 bridgehead atoms. The molecule has 2 aromatic heterocycles. The first-order valence-corrected chi connectivity index (χ1v) is 10.9. The Labute approximate surface area is 177 Å². The van der Waals surface area contributed by atoms with Crippen LogP contribution in [0.1, 0.15) is 36.2 Å². The summed E-state index contributed by atoms with van der Waals surface area (Å²) in [7, 11) is 0. The van der Waals surface area contributed by atoms with Crippen molar-refractivity contribution in [1.29, 1.82) is 5.26 Å². The van der Waals surface area contributed by atoms with E-state index in [1.807, 2.05) is 36.4 Å². The zero-order valence-corrected chi connectivity index (χ0v) is 17.1. The molecule has 150 valence electrons. The number of nitrogens with one attached hydrogen (secondary N) is 1. The third-order valence-electron chi connectivity index (χ3n) is 5.72. The molecule has 5 rings (SSSR count). The van der Waals surface area contributed by atoms with Crippen molar-refractivity contribution in [2.24, 2.45) is 0 Å². The van der Waals surface area contributed by atoms with E-state index in [2.05, 4.69) is 21.8 Å². The third-order valence-corrected chi connectivity index (χ3v) is 6.70. The van der Waals surface area contributed by atoms with Gasteiger partial charge in [-0.3, -0.25) is 9.20 Å². The Morgan fingerprint density at radius 3 is 2.90 bits per heavy atom. The quantitative estimate of drug-likeness (QED) is 0.473. The highest BCUT2D eigenvalue weighted by Gasteiger charge is 2.30. The number of oxazole rings is 1. The molecule has 0 unspecified atom stereocenters. The number of fused-ring (bicyclic) bond motifs is 2. The normalized spacial score (nSPS) is 19.0. The lowest BCUT2D eigenvalue weighted by Gasteiger charge is -2.29. The van der Waals surface area contributed by atoms with E-state index in [-0.39, 0.29) is 17.2 Å². The third kappa shape index (κ3) is 3.33. The largest absolute Gasteiger partial charge is 0.432 e. The van der Waals surface area contributed by atoms with E-state index in [1.165, 1.54) is 18.0 Å². The molecule has 2 atom stereocenters. The maximum absolute atomic E-state index is 13.4. The van der Waals surface area contributed by atoms with Crippen molar-refractivity contribution in [3.8, 4) is 16.7 Å². The van der Waals surface area contributed by atoms with Gasteiger partial charge >= 0.3 is 5.84 Å². The molecular formula is C23H20N4O2S. The second-order valence-electron chi connectivity index (χ2n) is 7.54. The monoisotopic (exact) mass is 416 g/mol. The Morgan fingerprint density at radius 1 is 1.20 bits per heavy atom. The summed E-state index contributed by atoms with van der Waals surface area (Å²) < 4.78 is 7.16. The van der Waals surface area contributed by atoms with Crippen molar-refractivity contribution in [2.45, 2.75) is 37.0 Å². The van der Waals surface area contributed by atoms with Crippen molar-refractivity contribution < 1.29 is 9.21 Å². The molecule has 1 saturated carbocycles. The zero-order chi connectivity index (χ0) is 20.5. The van der Waals surface area contributed by atoms with Gasteiger partial charge in [-0.2, -0.15) is 10.2 Å². The van der Waals surface area contributed by atoms with E-state index in [0.29, 0.717) is 17.2 Å². The molecule has 4 aromatic rings. The Balaban J connectivity index is 1.54.